The molecule has 2 heterocycles. The third-order valence-corrected chi connectivity index (χ3v) is 4.91. The summed E-state index contributed by atoms with van der Waals surface area (Å²) in [6.07, 6.45) is -4.98. The highest BCUT2D eigenvalue weighted by Gasteiger charge is 2.40. The zero-order chi connectivity index (χ0) is 20.3. The summed E-state index contributed by atoms with van der Waals surface area (Å²) in [7, 11) is 0.840. The lowest BCUT2D eigenvalue weighted by atomic mass is 9.98. The Bertz CT molecular complexity index is 1060. The quantitative estimate of drug-likeness (QED) is 0.708. The van der Waals surface area contributed by atoms with Gasteiger partial charge >= 0.3 is 11.9 Å². The van der Waals surface area contributed by atoms with Gasteiger partial charge in [0, 0.05) is 25.1 Å². The standard InChI is InChI=1S/C16H13BrF4N2O4/c1-15(6-24)5-7-12(9(18)3-8(17)13(7)27-15)23-11(25)4-10(16(19,20)21)22(2)14(23)26/h3-4,24H,5-6H2,1-2H3. The molecule has 11 heteroatoms. The fourth-order valence-corrected chi connectivity index (χ4v) is 3.53. The predicted molar refractivity (Wildman–Crippen MR) is 89.8 cm³/mol. The molecular weight excluding hydrogens is 440 g/mol. The first-order valence-electron chi connectivity index (χ1n) is 7.61. The summed E-state index contributed by atoms with van der Waals surface area (Å²) < 4.78 is 60.1. The van der Waals surface area contributed by atoms with Crippen LogP contribution in [0.25, 0.3) is 5.69 Å². The summed E-state index contributed by atoms with van der Waals surface area (Å²) in [6, 6.07) is 1.18. The zero-order valence-electron chi connectivity index (χ0n) is 14.0. The Labute approximate surface area is 157 Å². The smallest absolute Gasteiger partial charge is 0.431 e. The van der Waals surface area contributed by atoms with Crippen LogP contribution in [0.3, 0.4) is 0 Å². The van der Waals surface area contributed by atoms with Crippen LogP contribution in [0.4, 0.5) is 17.6 Å². The Morgan fingerprint density at radius 1 is 1.33 bits per heavy atom. The zero-order valence-corrected chi connectivity index (χ0v) is 15.6. The van der Waals surface area contributed by atoms with Crippen molar-refractivity contribution in [2.24, 2.45) is 7.05 Å². The van der Waals surface area contributed by atoms with Gasteiger partial charge in [0.1, 0.15) is 22.9 Å². The Kier molecular flexibility index (Phi) is 4.50. The molecule has 6 nitrogen and oxygen atoms in total. The van der Waals surface area contributed by atoms with Gasteiger partial charge in [-0.15, -0.1) is 0 Å². The second-order valence-electron chi connectivity index (χ2n) is 6.43. The first-order chi connectivity index (χ1) is 12.4. The van der Waals surface area contributed by atoms with Crippen molar-refractivity contribution in [3.8, 4) is 11.4 Å². The van der Waals surface area contributed by atoms with Crippen LogP contribution in [0.1, 0.15) is 18.2 Å². The van der Waals surface area contributed by atoms with Crippen LogP contribution in [0.15, 0.2) is 26.2 Å². The van der Waals surface area contributed by atoms with Crippen molar-refractivity contribution in [2.75, 3.05) is 6.61 Å². The van der Waals surface area contributed by atoms with Crippen molar-refractivity contribution in [3.05, 3.63) is 54.5 Å². The van der Waals surface area contributed by atoms with E-state index in [4.69, 9.17) is 4.74 Å². The normalized spacial score (nSPS) is 19.1. The topological polar surface area (TPSA) is 73.5 Å². The molecule has 1 unspecified atom stereocenters. The maximum Gasteiger partial charge on any atom is 0.431 e. The molecule has 1 aromatic carbocycles. The minimum Gasteiger partial charge on any atom is -0.483 e. The van der Waals surface area contributed by atoms with Crippen molar-refractivity contribution in [3.63, 3.8) is 0 Å². The van der Waals surface area contributed by atoms with E-state index in [-0.39, 0.29) is 32.8 Å². The van der Waals surface area contributed by atoms with E-state index in [0.29, 0.717) is 4.57 Å². The SMILES string of the molecule is Cn1c(C(F)(F)F)cc(=O)n(-c2c(F)cc(Br)c3c2CC(C)(CO)O3)c1=O. The molecule has 27 heavy (non-hydrogen) atoms. The first-order valence-corrected chi connectivity index (χ1v) is 8.40. The molecule has 1 aliphatic heterocycles. The molecule has 0 radical (unpaired) electrons. The lowest BCUT2D eigenvalue weighted by Gasteiger charge is -2.20. The monoisotopic (exact) mass is 452 g/mol. The summed E-state index contributed by atoms with van der Waals surface area (Å²) in [4.78, 5) is 24.8. The van der Waals surface area contributed by atoms with Crippen LogP contribution in [-0.4, -0.2) is 26.4 Å². The van der Waals surface area contributed by atoms with Crippen LogP contribution in [0.5, 0.6) is 5.75 Å². The number of halogens is 5. The molecule has 0 spiro atoms. The van der Waals surface area contributed by atoms with Gasteiger partial charge in [-0.25, -0.2) is 13.8 Å². The van der Waals surface area contributed by atoms with Crippen molar-refractivity contribution in [1.82, 2.24) is 9.13 Å². The van der Waals surface area contributed by atoms with Gasteiger partial charge in [-0.05, 0) is 28.9 Å². The van der Waals surface area contributed by atoms with Gasteiger partial charge < -0.3 is 9.84 Å². The summed E-state index contributed by atoms with van der Waals surface area (Å²) in [5.41, 5.74) is -5.66. The highest BCUT2D eigenvalue weighted by Crippen LogP contribution is 2.44. The molecule has 0 saturated heterocycles. The van der Waals surface area contributed by atoms with Gasteiger partial charge in [-0.1, -0.05) is 0 Å². The molecule has 3 rings (SSSR count). The number of benzene rings is 1. The Balaban J connectivity index is 2.36. The van der Waals surface area contributed by atoms with E-state index in [1.54, 1.807) is 0 Å². The van der Waals surface area contributed by atoms with Gasteiger partial charge in [0.25, 0.3) is 5.56 Å². The molecule has 0 saturated carbocycles. The van der Waals surface area contributed by atoms with Crippen LogP contribution >= 0.6 is 15.9 Å². The van der Waals surface area contributed by atoms with E-state index in [9.17, 15) is 32.3 Å². The Morgan fingerprint density at radius 2 is 1.96 bits per heavy atom. The maximum absolute atomic E-state index is 14.7. The van der Waals surface area contributed by atoms with Crippen molar-refractivity contribution < 1.29 is 27.4 Å². The van der Waals surface area contributed by atoms with Gasteiger partial charge in [0.15, 0.2) is 0 Å². The minimum atomic E-state index is -4.93. The summed E-state index contributed by atoms with van der Waals surface area (Å²) in [6.45, 7) is 1.10. The average molecular weight is 453 g/mol. The van der Waals surface area contributed by atoms with Gasteiger partial charge in [0.2, 0.25) is 0 Å². The van der Waals surface area contributed by atoms with Crippen LogP contribution in [0, 0.1) is 5.82 Å². The Hall–Kier alpha value is -2.14. The van der Waals surface area contributed by atoms with E-state index < -0.39 is 46.8 Å². The maximum atomic E-state index is 14.7. The predicted octanol–water partition coefficient (Wildman–Crippen LogP) is 2.14. The number of alkyl halides is 3. The number of rotatable bonds is 2. The van der Waals surface area contributed by atoms with Gasteiger partial charge in [-0.2, -0.15) is 13.2 Å². The van der Waals surface area contributed by atoms with E-state index in [1.807, 2.05) is 0 Å². The summed E-state index contributed by atoms with van der Waals surface area (Å²) >= 11 is 3.11. The fraction of sp³-hybridized carbons (Fsp3) is 0.375. The molecule has 0 aliphatic carbocycles. The summed E-state index contributed by atoms with van der Waals surface area (Å²) in [5, 5.41) is 9.50. The molecule has 146 valence electrons. The molecule has 0 fully saturated rings. The van der Waals surface area contributed by atoms with E-state index in [2.05, 4.69) is 15.9 Å². The third kappa shape index (κ3) is 3.08. The lowest BCUT2D eigenvalue weighted by Crippen LogP contribution is -2.41. The molecule has 1 atom stereocenters. The minimum absolute atomic E-state index is 0.0544. The van der Waals surface area contributed by atoms with Gasteiger partial charge in [0.05, 0.1) is 16.8 Å². The fourth-order valence-electron chi connectivity index (χ4n) is 3.01. The third-order valence-electron chi connectivity index (χ3n) is 4.32. The number of aromatic nitrogens is 2. The van der Waals surface area contributed by atoms with Crippen LogP contribution < -0.4 is 16.0 Å². The van der Waals surface area contributed by atoms with E-state index in [1.165, 1.54) is 6.92 Å². The van der Waals surface area contributed by atoms with E-state index in [0.717, 1.165) is 13.1 Å². The van der Waals surface area contributed by atoms with Crippen molar-refractivity contribution in [1.29, 1.82) is 0 Å². The number of fused-ring (bicyclic) bond motifs is 1. The highest BCUT2D eigenvalue weighted by atomic mass is 79.9. The first kappa shape index (κ1) is 19.6. The molecular formula is C16H13BrF4N2O4. The largest absolute Gasteiger partial charge is 0.483 e. The van der Waals surface area contributed by atoms with Crippen LogP contribution in [0.2, 0.25) is 0 Å². The Morgan fingerprint density at radius 3 is 2.52 bits per heavy atom. The van der Waals surface area contributed by atoms with Gasteiger partial charge in [-0.3, -0.25) is 9.36 Å². The van der Waals surface area contributed by atoms with Crippen molar-refractivity contribution in [2.45, 2.75) is 25.1 Å². The number of aliphatic hydroxyl groups excluding tert-OH is 1. The second kappa shape index (κ2) is 6.20. The average Bonchev–Trinajstić information content (AvgIpc) is 2.91. The molecule has 0 amide bonds. The number of nitrogens with zero attached hydrogens (tertiary/aromatic N) is 2. The molecule has 1 aromatic heterocycles. The highest BCUT2D eigenvalue weighted by molar-refractivity contribution is 9.10. The lowest BCUT2D eigenvalue weighted by molar-refractivity contribution is -0.144. The second-order valence-corrected chi connectivity index (χ2v) is 7.28. The number of hydrogen-bond donors (Lipinski definition) is 1. The molecule has 2 aromatic rings. The number of ether oxygens (including phenoxy) is 1. The van der Waals surface area contributed by atoms with Crippen molar-refractivity contribution >= 4 is 15.9 Å². The molecule has 1 N–H and O–H groups in total. The summed E-state index contributed by atoms with van der Waals surface area (Å²) in [5.74, 6) is -0.887. The number of hydrogen-bond acceptors (Lipinski definition) is 4. The number of aliphatic hydroxyl groups is 1. The van der Waals surface area contributed by atoms with Crippen LogP contribution in [-0.2, 0) is 19.6 Å². The van der Waals surface area contributed by atoms with E-state index >= 15 is 0 Å². The molecule has 1 aliphatic rings. The molecule has 0 bridgehead atoms.